The van der Waals surface area contributed by atoms with Crippen LogP contribution in [0.15, 0.2) is 36.7 Å². The number of aromatic nitrogens is 2. The Bertz CT molecular complexity index is 1200. The molecule has 7 heteroatoms. The molecule has 2 N–H and O–H groups in total. The Morgan fingerprint density at radius 1 is 1.13 bits per heavy atom. The van der Waals surface area contributed by atoms with Crippen LogP contribution >= 0.6 is 0 Å². The van der Waals surface area contributed by atoms with Crippen LogP contribution < -0.4 is 4.90 Å². The van der Waals surface area contributed by atoms with Gasteiger partial charge in [0, 0.05) is 11.6 Å². The summed E-state index contributed by atoms with van der Waals surface area (Å²) in [5.41, 5.74) is 3.96. The number of rotatable bonds is 4. The van der Waals surface area contributed by atoms with Gasteiger partial charge >= 0.3 is 0 Å². The third kappa shape index (κ3) is 2.73. The Morgan fingerprint density at radius 2 is 1.83 bits per heavy atom. The lowest BCUT2D eigenvalue weighted by atomic mass is 9.86. The van der Waals surface area contributed by atoms with Crippen LogP contribution in [0.1, 0.15) is 35.6 Å². The van der Waals surface area contributed by atoms with E-state index in [4.69, 9.17) is 0 Å². The number of hydrogen-bond donors (Lipinski definition) is 2. The second kappa shape index (κ2) is 6.52. The molecule has 30 heavy (non-hydrogen) atoms. The summed E-state index contributed by atoms with van der Waals surface area (Å²) in [6.07, 6.45) is 3.09. The number of aromatic amines is 1. The summed E-state index contributed by atoms with van der Waals surface area (Å²) < 4.78 is 0. The molecule has 1 amide bonds. The summed E-state index contributed by atoms with van der Waals surface area (Å²) in [7, 11) is 0. The fourth-order valence-electron chi connectivity index (χ4n) is 4.43. The first kappa shape index (κ1) is 18.5. The van der Waals surface area contributed by atoms with Crippen LogP contribution in [0, 0.1) is 25.7 Å². The number of Topliss-reactive ketones (excluding diaryl/α,β-unsaturated/α-hetero) is 2. The van der Waals surface area contributed by atoms with E-state index in [2.05, 4.69) is 9.97 Å². The number of ketones is 2. The van der Waals surface area contributed by atoms with E-state index in [1.165, 1.54) is 4.90 Å². The number of amides is 1. The zero-order valence-electron chi connectivity index (χ0n) is 16.7. The molecule has 2 atom stereocenters. The first-order valence-electron chi connectivity index (χ1n) is 10.0. The summed E-state index contributed by atoms with van der Waals surface area (Å²) in [6, 6.07) is 8.06. The number of benzene rings is 2. The fourth-order valence-corrected chi connectivity index (χ4v) is 4.43. The lowest BCUT2D eigenvalue weighted by Crippen LogP contribution is -2.31. The zero-order valence-corrected chi connectivity index (χ0v) is 16.7. The van der Waals surface area contributed by atoms with Crippen LogP contribution in [0.2, 0.25) is 0 Å². The molecule has 7 nitrogen and oxygen atoms in total. The van der Waals surface area contributed by atoms with Crippen molar-refractivity contribution in [2.75, 3.05) is 4.90 Å². The molecule has 1 aliphatic carbocycles. The predicted octanol–water partition coefficient (Wildman–Crippen LogP) is 3.14. The zero-order chi connectivity index (χ0) is 21.2. The van der Waals surface area contributed by atoms with Gasteiger partial charge in [0.2, 0.25) is 5.78 Å². The Kier molecular flexibility index (Phi) is 4.03. The molecule has 5 rings (SSSR count). The number of hydrogen-bond acceptors (Lipinski definition) is 5. The van der Waals surface area contributed by atoms with Crippen molar-refractivity contribution in [2.45, 2.75) is 32.7 Å². The molecule has 1 saturated heterocycles. The quantitative estimate of drug-likeness (QED) is 0.515. The average Bonchev–Trinajstić information content (AvgIpc) is 3.41. The second-order valence-corrected chi connectivity index (χ2v) is 8.25. The summed E-state index contributed by atoms with van der Waals surface area (Å²) in [4.78, 5) is 47.8. The molecule has 2 aliphatic rings. The molecular formula is C23H21N3O4. The van der Waals surface area contributed by atoms with Crippen molar-refractivity contribution in [3.63, 3.8) is 0 Å². The van der Waals surface area contributed by atoms with E-state index in [-0.39, 0.29) is 17.5 Å². The monoisotopic (exact) mass is 403 g/mol. The van der Waals surface area contributed by atoms with Crippen molar-refractivity contribution in [3.8, 4) is 5.75 Å². The van der Waals surface area contributed by atoms with Gasteiger partial charge in [-0.2, -0.15) is 0 Å². The van der Waals surface area contributed by atoms with Gasteiger partial charge in [-0.15, -0.1) is 0 Å². The van der Waals surface area contributed by atoms with Crippen molar-refractivity contribution in [1.29, 1.82) is 0 Å². The summed E-state index contributed by atoms with van der Waals surface area (Å²) in [5, 5.41) is 10.2. The summed E-state index contributed by atoms with van der Waals surface area (Å²) >= 11 is 0. The molecule has 0 radical (unpaired) electrons. The van der Waals surface area contributed by atoms with Crippen molar-refractivity contribution in [1.82, 2.24) is 9.97 Å². The van der Waals surface area contributed by atoms with Gasteiger partial charge in [-0.25, -0.2) is 4.98 Å². The van der Waals surface area contributed by atoms with Crippen LogP contribution in [-0.4, -0.2) is 32.5 Å². The van der Waals surface area contributed by atoms with Crippen LogP contribution in [0.5, 0.6) is 5.75 Å². The molecule has 2 aromatic carbocycles. The number of aromatic hydroxyl groups is 1. The highest BCUT2D eigenvalue weighted by molar-refractivity contribution is 6.48. The number of nitrogens with one attached hydrogen (secondary N) is 1. The molecule has 0 bridgehead atoms. The Hall–Kier alpha value is -3.48. The van der Waals surface area contributed by atoms with Crippen molar-refractivity contribution in [2.24, 2.45) is 11.8 Å². The average molecular weight is 403 g/mol. The van der Waals surface area contributed by atoms with E-state index in [1.807, 2.05) is 0 Å². The van der Waals surface area contributed by atoms with Gasteiger partial charge in [0.05, 0.1) is 23.4 Å². The third-order valence-electron chi connectivity index (χ3n) is 6.13. The first-order chi connectivity index (χ1) is 14.4. The second-order valence-electron chi connectivity index (χ2n) is 8.25. The third-order valence-corrected chi connectivity index (χ3v) is 6.13. The van der Waals surface area contributed by atoms with Gasteiger partial charge in [-0.1, -0.05) is 12.1 Å². The maximum absolute atomic E-state index is 13.1. The van der Waals surface area contributed by atoms with Crippen molar-refractivity contribution < 1.29 is 19.5 Å². The highest BCUT2D eigenvalue weighted by Gasteiger charge is 2.54. The van der Waals surface area contributed by atoms with Gasteiger partial charge in [-0.05, 0) is 61.6 Å². The number of anilines is 1. The fraction of sp³-hybridized carbons (Fsp3) is 0.304. The molecule has 3 aromatic rings. The lowest BCUT2D eigenvalue weighted by molar-refractivity contribution is -0.139. The maximum Gasteiger partial charge on any atom is 0.295 e. The molecular weight excluding hydrogens is 382 g/mol. The molecule has 2 fully saturated rings. The van der Waals surface area contributed by atoms with Crippen molar-refractivity contribution >= 4 is 34.2 Å². The lowest BCUT2D eigenvalue weighted by Gasteiger charge is -2.28. The van der Waals surface area contributed by atoms with Crippen LogP contribution in [0.25, 0.3) is 11.0 Å². The Labute approximate surface area is 172 Å². The minimum Gasteiger partial charge on any atom is -0.507 e. The number of phenols is 1. The number of H-pyrrole nitrogens is 1. The van der Waals surface area contributed by atoms with E-state index in [0.717, 1.165) is 23.9 Å². The first-order valence-corrected chi connectivity index (χ1v) is 10.0. The van der Waals surface area contributed by atoms with Gasteiger partial charge in [-0.3, -0.25) is 19.3 Å². The van der Waals surface area contributed by atoms with E-state index < -0.39 is 23.7 Å². The van der Waals surface area contributed by atoms with E-state index in [9.17, 15) is 19.5 Å². The number of carbonyl (C=O) groups excluding carboxylic acids is 3. The van der Waals surface area contributed by atoms with E-state index in [1.54, 1.807) is 50.5 Å². The number of fused-ring (bicyclic) bond motifs is 1. The van der Waals surface area contributed by atoms with Crippen molar-refractivity contribution in [3.05, 3.63) is 53.3 Å². The summed E-state index contributed by atoms with van der Waals surface area (Å²) in [6.45, 7) is 3.53. The summed E-state index contributed by atoms with van der Waals surface area (Å²) in [5.74, 6) is -2.52. The van der Waals surface area contributed by atoms with Crippen LogP contribution in [0.3, 0.4) is 0 Å². The minimum atomic E-state index is -1.04. The predicted molar refractivity (Wildman–Crippen MR) is 110 cm³/mol. The smallest absolute Gasteiger partial charge is 0.295 e. The van der Waals surface area contributed by atoms with E-state index >= 15 is 0 Å². The molecule has 1 aliphatic heterocycles. The largest absolute Gasteiger partial charge is 0.507 e. The SMILES string of the molecule is Cc1cc(C2C(C(=O)C3CC3)C(=O)C(=O)N2c2ccc3nc[nH]c3c2)cc(C)c1O. The number of aryl methyl sites for hydroxylation is 2. The standard InChI is InChI=1S/C23H21N3O4/c1-11-7-14(8-12(2)20(11)27)19-18(21(28)13-3-4-13)22(29)23(30)26(19)15-5-6-16-17(9-15)25-10-24-16/h5-10,13,18-19,27H,3-4H2,1-2H3,(H,24,25). The molecule has 2 heterocycles. The molecule has 152 valence electrons. The molecule has 2 unspecified atom stereocenters. The minimum absolute atomic E-state index is 0.149. The normalized spacial score (nSPS) is 21.6. The Balaban J connectivity index is 1.69. The Morgan fingerprint density at radius 3 is 2.50 bits per heavy atom. The van der Waals surface area contributed by atoms with Crippen LogP contribution in [-0.2, 0) is 14.4 Å². The molecule has 0 spiro atoms. The topological polar surface area (TPSA) is 103 Å². The van der Waals surface area contributed by atoms with Gasteiger partial charge in [0.25, 0.3) is 5.91 Å². The number of nitrogens with zero attached hydrogens (tertiary/aromatic N) is 2. The highest BCUT2D eigenvalue weighted by Crippen LogP contribution is 2.45. The van der Waals surface area contributed by atoms with Gasteiger partial charge in [0.1, 0.15) is 17.5 Å². The molecule has 1 aromatic heterocycles. The number of phenolic OH excluding ortho intramolecular Hbond substituents is 1. The van der Waals surface area contributed by atoms with E-state index in [0.29, 0.717) is 22.4 Å². The maximum atomic E-state index is 13.1. The molecule has 1 saturated carbocycles. The number of imidazole rings is 1. The van der Waals surface area contributed by atoms with Crippen LogP contribution in [0.4, 0.5) is 5.69 Å². The highest BCUT2D eigenvalue weighted by atomic mass is 16.3. The number of carbonyl (C=O) groups is 3. The van der Waals surface area contributed by atoms with Gasteiger partial charge < -0.3 is 10.1 Å². The van der Waals surface area contributed by atoms with Gasteiger partial charge in [0.15, 0.2) is 0 Å².